The number of nitrogens with zero attached hydrogens (tertiary/aromatic N) is 4. The highest BCUT2D eigenvalue weighted by Gasteiger charge is 2.12. The molecule has 0 unspecified atom stereocenters. The third kappa shape index (κ3) is 4.08. The largest absolute Gasteiger partial charge is 0.468 e. The predicted molar refractivity (Wildman–Crippen MR) is 111 cm³/mol. The van der Waals surface area contributed by atoms with Gasteiger partial charge in [-0.15, -0.1) is 0 Å². The van der Waals surface area contributed by atoms with Gasteiger partial charge in [-0.05, 0) is 23.6 Å². The Morgan fingerprint density at radius 1 is 1.10 bits per heavy atom. The zero-order chi connectivity index (χ0) is 20.2. The van der Waals surface area contributed by atoms with Gasteiger partial charge in [-0.3, -0.25) is 4.79 Å². The molecule has 7 heteroatoms. The molecule has 0 spiro atoms. The molecule has 4 aromatic rings. The first-order valence-electron chi connectivity index (χ1n) is 9.27. The van der Waals surface area contributed by atoms with Gasteiger partial charge in [-0.25, -0.2) is 14.6 Å². The summed E-state index contributed by atoms with van der Waals surface area (Å²) in [5, 5.41) is 8.31. The molecular formula is C22H21N5O2. The summed E-state index contributed by atoms with van der Waals surface area (Å²) in [7, 11) is 1.35. The van der Waals surface area contributed by atoms with Gasteiger partial charge in [0.2, 0.25) is 0 Å². The molecule has 0 aliphatic rings. The van der Waals surface area contributed by atoms with Gasteiger partial charge in [0.25, 0.3) is 0 Å². The van der Waals surface area contributed by atoms with Crippen LogP contribution < -0.4 is 5.32 Å². The molecule has 4 rings (SSSR count). The van der Waals surface area contributed by atoms with Gasteiger partial charge in [0.1, 0.15) is 18.7 Å². The number of methoxy groups -OCH3 is 1. The van der Waals surface area contributed by atoms with Crippen molar-refractivity contribution in [2.24, 2.45) is 0 Å². The standard InChI is InChI=1S/C22H21N5O2/c1-15-4-3-5-18(10-15)17-8-6-16(7-9-17)11-23-21-19-12-26-27(13-20(28)29-2)22(19)25-14-24-21/h3-10,12,14H,11,13H2,1-2H3,(H,23,24,25). The lowest BCUT2D eigenvalue weighted by atomic mass is 10.0. The van der Waals surface area contributed by atoms with Crippen molar-refractivity contribution in [3.8, 4) is 11.1 Å². The van der Waals surface area contributed by atoms with E-state index in [4.69, 9.17) is 4.74 Å². The molecule has 146 valence electrons. The lowest BCUT2D eigenvalue weighted by Gasteiger charge is -2.08. The SMILES string of the molecule is COC(=O)Cn1ncc2c(NCc3ccc(-c4cccc(C)c4)cc3)ncnc21. The minimum atomic E-state index is -0.378. The minimum absolute atomic E-state index is 0.0108. The van der Waals surface area contributed by atoms with Gasteiger partial charge in [0, 0.05) is 6.54 Å². The number of fused-ring (bicyclic) bond motifs is 1. The highest BCUT2D eigenvalue weighted by atomic mass is 16.5. The molecule has 29 heavy (non-hydrogen) atoms. The van der Waals surface area contributed by atoms with Crippen LogP contribution in [0.4, 0.5) is 5.82 Å². The van der Waals surface area contributed by atoms with E-state index in [9.17, 15) is 4.79 Å². The molecule has 0 amide bonds. The molecule has 2 aromatic heterocycles. The Hall–Kier alpha value is -3.74. The molecule has 0 atom stereocenters. The number of ether oxygens (including phenoxy) is 1. The molecular weight excluding hydrogens is 366 g/mol. The Balaban J connectivity index is 1.49. The van der Waals surface area contributed by atoms with Crippen LogP contribution in [0.3, 0.4) is 0 Å². The number of hydrogen-bond donors (Lipinski definition) is 1. The summed E-state index contributed by atoms with van der Waals surface area (Å²) >= 11 is 0. The van der Waals surface area contributed by atoms with Gasteiger partial charge < -0.3 is 10.1 Å². The third-order valence-corrected chi connectivity index (χ3v) is 4.71. The van der Waals surface area contributed by atoms with Crippen molar-refractivity contribution in [1.29, 1.82) is 0 Å². The van der Waals surface area contributed by atoms with Crippen LogP contribution in [0.1, 0.15) is 11.1 Å². The number of aryl methyl sites for hydroxylation is 1. The van der Waals surface area contributed by atoms with Gasteiger partial charge in [0.15, 0.2) is 5.65 Å². The second-order valence-corrected chi connectivity index (χ2v) is 6.76. The van der Waals surface area contributed by atoms with Crippen LogP contribution in [0.25, 0.3) is 22.2 Å². The molecule has 0 aliphatic carbocycles. The van der Waals surface area contributed by atoms with Crippen molar-refractivity contribution >= 4 is 22.8 Å². The first-order valence-corrected chi connectivity index (χ1v) is 9.27. The van der Waals surface area contributed by atoms with E-state index in [0.717, 1.165) is 10.9 Å². The number of rotatable bonds is 6. The van der Waals surface area contributed by atoms with E-state index in [2.05, 4.69) is 75.8 Å². The number of nitrogens with one attached hydrogen (secondary N) is 1. The smallest absolute Gasteiger partial charge is 0.327 e. The summed E-state index contributed by atoms with van der Waals surface area (Å²) in [5.41, 5.74) is 5.36. The van der Waals surface area contributed by atoms with Crippen LogP contribution in [0.5, 0.6) is 0 Å². The van der Waals surface area contributed by atoms with Gasteiger partial charge >= 0.3 is 5.97 Å². The maximum Gasteiger partial charge on any atom is 0.327 e. The van der Waals surface area contributed by atoms with Gasteiger partial charge in [-0.1, -0.05) is 54.1 Å². The highest BCUT2D eigenvalue weighted by Crippen LogP contribution is 2.22. The minimum Gasteiger partial charge on any atom is -0.468 e. The number of carbonyl (C=O) groups is 1. The Labute approximate surface area is 168 Å². The first-order chi connectivity index (χ1) is 14.1. The molecule has 0 aliphatic heterocycles. The zero-order valence-corrected chi connectivity index (χ0v) is 16.3. The van der Waals surface area contributed by atoms with Crippen LogP contribution in [0.15, 0.2) is 61.1 Å². The van der Waals surface area contributed by atoms with Crippen LogP contribution >= 0.6 is 0 Å². The molecule has 7 nitrogen and oxygen atoms in total. The summed E-state index contributed by atoms with van der Waals surface area (Å²) in [6, 6.07) is 16.9. The van der Waals surface area contributed by atoms with E-state index in [0.29, 0.717) is 18.0 Å². The topological polar surface area (TPSA) is 81.9 Å². The monoisotopic (exact) mass is 387 g/mol. The van der Waals surface area contributed by atoms with E-state index < -0.39 is 0 Å². The van der Waals surface area contributed by atoms with Crippen LogP contribution in [-0.4, -0.2) is 32.8 Å². The molecule has 0 fully saturated rings. The second-order valence-electron chi connectivity index (χ2n) is 6.76. The highest BCUT2D eigenvalue weighted by molar-refractivity contribution is 5.86. The maximum absolute atomic E-state index is 11.5. The van der Waals surface area contributed by atoms with Crippen molar-refractivity contribution in [1.82, 2.24) is 19.7 Å². The average Bonchev–Trinajstić information content (AvgIpc) is 3.16. The number of benzene rings is 2. The van der Waals surface area contributed by atoms with Crippen molar-refractivity contribution in [3.63, 3.8) is 0 Å². The fourth-order valence-corrected chi connectivity index (χ4v) is 3.16. The first kappa shape index (κ1) is 18.6. The van der Waals surface area contributed by atoms with E-state index in [-0.39, 0.29) is 12.5 Å². The van der Waals surface area contributed by atoms with Crippen LogP contribution in [0.2, 0.25) is 0 Å². The fraction of sp³-hybridized carbons (Fsp3) is 0.182. The summed E-state index contributed by atoms with van der Waals surface area (Å²) in [4.78, 5) is 20.1. The number of anilines is 1. The summed E-state index contributed by atoms with van der Waals surface area (Å²) in [6.45, 7) is 2.72. The Morgan fingerprint density at radius 2 is 1.93 bits per heavy atom. The van der Waals surface area contributed by atoms with Gasteiger partial charge in [0.05, 0.1) is 18.7 Å². The Bertz CT molecular complexity index is 1150. The van der Waals surface area contributed by atoms with Crippen molar-refractivity contribution < 1.29 is 9.53 Å². The molecule has 2 heterocycles. The molecule has 0 saturated heterocycles. The van der Waals surface area contributed by atoms with Gasteiger partial charge in [-0.2, -0.15) is 5.10 Å². The van der Waals surface area contributed by atoms with Crippen molar-refractivity contribution in [2.75, 3.05) is 12.4 Å². The molecule has 2 aromatic carbocycles. The Kier molecular flexibility index (Phi) is 5.20. The zero-order valence-electron chi connectivity index (χ0n) is 16.3. The fourth-order valence-electron chi connectivity index (χ4n) is 3.16. The molecule has 1 N–H and O–H groups in total. The average molecular weight is 387 g/mol. The van der Waals surface area contributed by atoms with Crippen molar-refractivity contribution in [3.05, 3.63) is 72.2 Å². The normalized spacial score (nSPS) is 10.8. The molecule has 0 radical (unpaired) electrons. The number of aromatic nitrogens is 4. The Morgan fingerprint density at radius 3 is 2.69 bits per heavy atom. The van der Waals surface area contributed by atoms with E-state index in [1.54, 1.807) is 6.20 Å². The van der Waals surface area contributed by atoms with E-state index >= 15 is 0 Å². The second kappa shape index (κ2) is 8.10. The quantitative estimate of drug-likeness (QED) is 0.509. The third-order valence-electron chi connectivity index (χ3n) is 4.71. The lowest BCUT2D eigenvalue weighted by molar-refractivity contribution is -0.141. The predicted octanol–water partition coefficient (Wildman–Crippen LogP) is 3.59. The number of carbonyl (C=O) groups excluding carboxylic acids is 1. The maximum atomic E-state index is 11.5. The summed E-state index contributed by atoms with van der Waals surface area (Å²) in [6.07, 6.45) is 3.11. The van der Waals surface area contributed by atoms with Crippen LogP contribution in [0, 0.1) is 6.92 Å². The summed E-state index contributed by atoms with van der Waals surface area (Å²) in [5.74, 6) is 0.297. The van der Waals surface area contributed by atoms with E-state index in [1.165, 1.54) is 34.8 Å². The molecule has 0 saturated carbocycles. The van der Waals surface area contributed by atoms with Crippen LogP contribution in [-0.2, 0) is 22.6 Å². The van der Waals surface area contributed by atoms with Crippen molar-refractivity contribution in [2.45, 2.75) is 20.0 Å². The summed E-state index contributed by atoms with van der Waals surface area (Å²) < 4.78 is 6.20. The number of hydrogen-bond acceptors (Lipinski definition) is 6. The van der Waals surface area contributed by atoms with E-state index in [1.807, 2.05) is 0 Å². The number of esters is 1. The lowest BCUT2D eigenvalue weighted by Crippen LogP contribution is -2.13. The molecule has 0 bridgehead atoms.